The van der Waals surface area contributed by atoms with Gasteiger partial charge in [-0.25, -0.2) is 13.4 Å². The molecule has 0 amide bonds. The molecule has 2 N–H and O–H groups in total. The molecular weight excluding hydrogens is 322 g/mol. The van der Waals surface area contributed by atoms with Crippen LogP contribution in [0.1, 0.15) is 10.4 Å². The Balaban J connectivity index is 1.99. The average Bonchev–Trinajstić information content (AvgIpc) is 2.91. The van der Waals surface area contributed by atoms with Gasteiger partial charge in [0.1, 0.15) is 5.76 Å². The lowest BCUT2D eigenvalue weighted by atomic mass is 10.1. The van der Waals surface area contributed by atoms with E-state index in [-0.39, 0.29) is 17.2 Å². The molecule has 0 bridgehead atoms. The van der Waals surface area contributed by atoms with Gasteiger partial charge in [0.15, 0.2) is 5.13 Å². The number of thiazole rings is 1. The van der Waals surface area contributed by atoms with Crippen LogP contribution in [0.2, 0.25) is 0 Å². The smallest absolute Gasteiger partial charge is 0.264 e. The van der Waals surface area contributed by atoms with Crippen molar-refractivity contribution in [2.75, 3.05) is 18.9 Å². The number of likely N-dealkylation sites (N-methyl/N-ethyl adjacent to an activating group) is 1. The molecule has 0 fully saturated rings. The number of nitrogens with one attached hydrogen (secondary N) is 1. The van der Waals surface area contributed by atoms with Crippen molar-refractivity contribution in [2.45, 2.75) is 11.8 Å². The van der Waals surface area contributed by atoms with Crippen LogP contribution in [-0.4, -0.2) is 36.4 Å². The SMILES string of the molecule is Cc1cnc(NCC2=C(O)c3ccccc3S(=O)(=O)N2C)s1. The molecule has 1 aromatic heterocycles. The second kappa shape index (κ2) is 5.29. The first-order valence-corrected chi connectivity index (χ1v) is 8.83. The van der Waals surface area contributed by atoms with E-state index in [0.717, 1.165) is 9.18 Å². The number of aryl methyl sites for hydroxylation is 1. The lowest BCUT2D eigenvalue weighted by Gasteiger charge is -2.29. The van der Waals surface area contributed by atoms with Crippen molar-refractivity contribution in [3.05, 3.63) is 46.6 Å². The zero-order valence-electron chi connectivity index (χ0n) is 12.1. The Hall–Kier alpha value is -2.06. The molecule has 2 heterocycles. The summed E-state index contributed by atoms with van der Waals surface area (Å²) >= 11 is 1.47. The first-order valence-electron chi connectivity index (χ1n) is 6.58. The normalized spacial score (nSPS) is 16.5. The predicted molar refractivity (Wildman–Crippen MR) is 86.3 cm³/mol. The Bertz CT molecular complexity index is 856. The highest BCUT2D eigenvalue weighted by atomic mass is 32.2. The summed E-state index contributed by atoms with van der Waals surface area (Å²) in [4.78, 5) is 5.33. The van der Waals surface area contributed by atoms with Gasteiger partial charge in [0.05, 0.1) is 17.1 Å². The summed E-state index contributed by atoms with van der Waals surface area (Å²) in [7, 11) is -2.21. The van der Waals surface area contributed by atoms with Crippen molar-refractivity contribution < 1.29 is 13.5 Å². The minimum absolute atomic E-state index is 0.0336. The van der Waals surface area contributed by atoms with Gasteiger partial charge in [-0.2, -0.15) is 0 Å². The molecule has 6 nitrogen and oxygen atoms in total. The summed E-state index contributed by atoms with van der Waals surface area (Å²) in [6.07, 6.45) is 1.73. The quantitative estimate of drug-likeness (QED) is 0.899. The highest BCUT2D eigenvalue weighted by Gasteiger charge is 2.34. The molecule has 0 atom stereocenters. The Labute approximate surface area is 132 Å². The Morgan fingerprint density at radius 3 is 2.77 bits per heavy atom. The molecule has 3 rings (SSSR count). The summed E-state index contributed by atoms with van der Waals surface area (Å²) < 4.78 is 26.1. The average molecular weight is 337 g/mol. The van der Waals surface area contributed by atoms with Gasteiger partial charge in [0, 0.05) is 23.7 Å². The monoisotopic (exact) mass is 337 g/mol. The van der Waals surface area contributed by atoms with Crippen LogP contribution in [-0.2, 0) is 10.0 Å². The van der Waals surface area contributed by atoms with Crippen molar-refractivity contribution in [1.82, 2.24) is 9.29 Å². The zero-order valence-corrected chi connectivity index (χ0v) is 13.7. The summed E-state index contributed by atoms with van der Waals surface area (Å²) in [5, 5.41) is 14.2. The van der Waals surface area contributed by atoms with E-state index >= 15 is 0 Å². The third-order valence-corrected chi connectivity index (χ3v) is 6.19. The topological polar surface area (TPSA) is 82.5 Å². The number of hydrogen-bond acceptors (Lipinski definition) is 6. The maximum absolute atomic E-state index is 12.5. The number of aliphatic hydroxyl groups is 1. The number of anilines is 1. The lowest BCUT2D eigenvalue weighted by Crippen LogP contribution is -2.34. The van der Waals surface area contributed by atoms with Gasteiger partial charge in [-0.15, -0.1) is 11.3 Å². The largest absolute Gasteiger partial charge is 0.505 e. The number of fused-ring (bicyclic) bond motifs is 1. The summed E-state index contributed by atoms with van der Waals surface area (Å²) in [5.41, 5.74) is 0.624. The van der Waals surface area contributed by atoms with E-state index in [9.17, 15) is 13.5 Å². The van der Waals surface area contributed by atoms with Crippen molar-refractivity contribution in [1.29, 1.82) is 0 Å². The number of benzene rings is 1. The molecule has 1 aliphatic rings. The van der Waals surface area contributed by atoms with E-state index in [4.69, 9.17) is 0 Å². The van der Waals surface area contributed by atoms with Crippen LogP contribution in [0.25, 0.3) is 5.76 Å². The van der Waals surface area contributed by atoms with Crippen LogP contribution in [0.3, 0.4) is 0 Å². The molecule has 8 heteroatoms. The van der Waals surface area contributed by atoms with E-state index in [2.05, 4.69) is 10.3 Å². The van der Waals surface area contributed by atoms with Gasteiger partial charge in [0.25, 0.3) is 10.0 Å². The number of sulfonamides is 1. The molecule has 2 aromatic rings. The van der Waals surface area contributed by atoms with Gasteiger partial charge < -0.3 is 10.4 Å². The van der Waals surface area contributed by atoms with Crippen molar-refractivity contribution >= 4 is 32.3 Å². The Morgan fingerprint density at radius 2 is 2.09 bits per heavy atom. The number of hydrogen-bond donors (Lipinski definition) is 2. The third-order valence-electron chi connectivity index (χ3n) is 3.46. The number of aliphatic hydroxyl groups excluding tert-OH is 1. The van der Waals surface area contributed by atoms with Crippen LogP contribution in [0.5, 0.6) is 0 Å². The minimum atomic E-state index is -3.64. The molecule has 1 aromatic carbocycles. The molecule has 0 aliphatic carbocycles. The molecule has 0 saturated carbocycles. The summed E-state index contributed by atoms with van der Waals surface area (Å²) in [5.74, 6) is -0.0336. The fourth-order valence-corrected chi connectivity index (χ4v) is 4.36. The van der Waals surface area contributed by atoms with E-state index in [0.29, 0.717) is 16.4 Å². The minimum Gasteiger partial charge on any atom is -0.505 e. The molecule has 1 aliphatic heterocycles. The van der Waals surface area contributed by atoms with Crippen LogP contribution in [0.4, 0.5) is 5.13 Å². The maximum atomic E-state index is 12.5. The van der Waals surface area contributed by atoms with E-state index in [1.165, 1.54) is 24.5 Å². The van der Waals surface area contributed by atoms with Gasteiger partial charge in [-0.05, 0) is 19.1 Å². The summed E-state index contributed by atoms with van der Waals surface area (Å²) in [6, 6.07) is 6.43. The number of rotatable bonds is 3. The Morgan fingerprint density at radius 1 is 1.36 bits per heavy atom. The molecule has 0 saturated heterocycles. The van der Waals surface area contributed by atoms with Crippen molar-refractivity contribution in [2.24, 2.45) is 0 Å². The first-order chi connectivity index (χ1) is 10.4. The fourth-order valence-electron chi connectivity index (χ4n) is 2.28. The van der Waals surface area contributed by atoms with Crippen molar-refractivity contribution in [3.8, 4) is 0 Å². The maximum Gasteiger partial charge on any atom is 0.264 e. The van der Waals surface area contributed by atoms with E-state index < -0.39 is 10.0 Å². The second-order valence-corrected chi connectivity index (χ2v) is 8.07. The molecular formula is C14H15N3O3S2. The Kier molecular flexibility index (Phi) is 3.57. The summed E-state index contributed by atoms with van der Waals surface area (Å²) in [6.45, 7) is 2.11. The highest BCUT2D eigenvalue weighted by Crippen LogP contribution is 2.34. The molecule has 22 heavy (non-hydrogen) atoms. The molecule has 0 unspecified atom stereocenters. The van der Waals surface area contributed by atoms with E-state index in [1.54, 1.807) is 24.4 Å². The van der Waals surface area contributed by atoms with Crippen LogP contribution < -0.4 is 5.32 Å². The van der Waals surface area contributed by atoms with Crippen LogP contribution in [0, 0.1) is 6.92 Å². The van der Waals surface area contributed by atoms with Crippen molar-refractivity contribution in [3.63, 3.8) is 0 Å². The lowest BCUT2D eigenvalue weighted by molar-refractivity contribution is 0.459. The fraction of sp³-hybridized carbons (Fsp3) is 0.214. The van der Waals surface area contributed by atoms with Gasteiger partial charge in [-0.3, -0.25) is 4.31 Å². The molecule has 0 radical (unpaired) electrons. The second-order valence-electron chi connectivity index (χ2n) is 4.89. The van der Waals surface area contributed by atoms with Gasteiger partial charge in [0.2, 0.25) is 0 Å². The zero-order chi connectivity index (χ0) is 15.9. The number of nitrogens with zero attached hydrogens (tertiary/aromatic N) is 2. The van der Waals surface area contributed by atoms with Gasteiger partial charge >= 0.3 is 0 Å². The molecule has 0 spiro atoms. The highest BCUT2D eigenvalue weighted by molar-refractivity contribution is 7.89. The standard InChI is InChI=1S/C14H15N3O3S2/c1-9-7-15-14(21-9)16-8-11-13(18)10-5-3-4-6-12(10)22(19,20)17(11)2/h3-7,18H,8H2,1-2H3,(H,15,16). The number of aromatic nitrogens is 1. The molecule has 116 valence electrons. The van der Waals surface area contributed by atoms with E-state index in [1.807, 2.05) is 6.92 Å². The van der Waals surface area contributed by atoms with Crippen LogP contribution >= 0.6 is 11.3 Å². The van der Waals surface area contributed by atoms with Gasteiger partial charge in [-0.1, -0.05) is 12.1 Å². The van der Waals surface area contributed by atoms with Crippen LogP contribution in [0.15, 0.2) is 41.1 Å². The third kappa shape index (κ3) is 2.34. The predicted octanol–water partition coefficient (Wildman–Crippen LogP) is 2.42. The first kappa shape index (κ1) is 14.9.